The van der Waals surface area contributed by atoms with E-state index >= 15 is 0 Å². The van der Waals surface area contributed by atoms with Crippen LogP contribution < -0.4 is 9.47 Å². The van der Waals surface area contributed by atoms with Crippen LogP contribution in [-0.2, 0) is 29.0 Å². The monoisotopic (exact) mass is 610 g/mol. The molecule has 3 aliphatic rings. The molecule has 2 aromatic heterocycles. The summed E-state index contributed by atoms with van der Waals surface area (Å²) in [5.41, 5.74) is 8.63. The minimum Gasteiger partial charge on any atom is -0.496 e. The van der Waals surface area contributed by atoms with E-state index in [2.05, 4.69) is 41.7 Å². The van der Waals surface area contributed by atoms with Crippen molar-refractivity contribution in [3.05, 3.63) is 88.5 Å². The van der Waals surface area contributed by atoms with Crippen molar-refractivity contribution < 1.29 is 18.9 Å². The van der Waals surface area contributed by atoms with Crippen molar-refractivity contribution in [1.82, 2.24) is 19.7 Å². The predicted octanol–water partition coefficient (Wildman–Crippen LogP) is 7.30. The van der Waals surface area contributed by atoms with Crippen molar-refractivity contribution in [2.45, 2.75) is 78.5 Å². The fourth-order valence-corrected chi connectivity index (χ4v) is 6.80. The van der Waals surface area contributed by atoms with Crippen molar-refractivity contribution in [3.8, 4) is 17.4 Å². The summed E-state index contributed by atoms with van der Waals surface area (Å²) in [6.45, 7) is 14.9. The molecule has 8 heteroatoms. The molecule has 8 nitrogen and oxygen atoms in total. The van der Waals surface area contributed by atoms with Gasteiger partial charge in [-0.2, -0.15) is 9.78 Å². The number of fused-ring (bicyclic) bond motifs is 1. The summed E-state index contributed by atoms with van der Waals surface area (Å²) < 4.78 is 26.1. The van der Waals surface area contributed by atoms with Gasteiger partial charge in [0.25, 0.3) is 0 Å². The first-order valence-electron chi connectivity index (χ1n) is 16.4. The molecule has 1 fully saturated rings. The molecule has 0 atom stereocenters. The maximum absolute atomic E-state index is 6.73. The number of benzene rings is 1. The van der Waals surface area contributed by atoms with Gasteiger partial charge in [0.15, 0.2) is 5.82 Å². The lowest BCUT2D eigenvalue weighted by Gasteiger charge is -2.38. The van der Waals surface area contributed by atoms with Gasteiger partial charge in [-0.05, 0) is 88.1 Å². The molecule has 0 saturated carbocycles. The standard InChI is InChI=1S/C37H46N4O4/c1-6-44-37-32(25(2)3)22-38-41(37)34-13-9-12-33(39-34)31-11-8-7-10-26(4)35(31)45-24-28-15-14-27-23-40(29-17-20-43-21-18-29)19-16-30(27)36(28)42-5/h9,11-15,22,29H,2,6-8,10,16-21,23-24H2,1,3-5H3. The van der Waals surface area contributed by atoms with Crippen LogP contribution in [-0.4, -0.2) is 59.2 Å². The summed E-state index contributed by atoms with van der Waals surface area (Å²) in [6.07, 6.45) is 10.3. The van der Waals surface area contributed by atoms with E-state index in [1.807, 2.05) is 32.0 Å². The Hall–Kier alpha value is -3.88. The van der Waals surface area contributed by atoms with Gasteiger partial charge in [0.05, 0.1) is 31.2 Å². The Kier molecular flexibility index (Phi) is 9.71. The van der Waals surface area contributed by atoms with Crippen molar-refractivity contribution in [3.63, 3.8) is 0 Å². The van der Waals surface area contributed by atoms with E-state index in [0.717, 1.165) is 104 Å². The number of ether oxygens (including phenoxy) is 4. The van der Waals surface area contributed by atoms with Crippen LogP contribution in [0.2, 0.25) is 0 Å². The summed E-state index contributed by atoms with van der Waals surface area (Å²) in [4.78, 5) is 7.70. The van der Waals surface area contributed by atoms with Crippen LogP contribution >= 0.6 is 0 Å². The second-order valence-electron chi connectivity index (χ2n) is 12.2. The van der Waals surface area contributed by atoms with Crippen LogP contribution in [0.5, 0.6) is 11.6 Å². The van der Waals surface area contributed by atoms with E-state index in [1.165, 1.54) is 16.7 Å². The van der Waals surface area contributed by atoms with Gasteiger partial charge in [-0.1, -0.05) is 30.9 Å². The zero-order valence-electron chi connectivity index (χ0n) is 27.2. The highest BCUT2D eigenvalue weighted by Crippen LogP contribution is 2.37. The van der Waals surface area contributed by atoms with Crippen LogP contribution in [0.4, 0.5) is 0 Å². The topological polar surface area (TPSA) is 70.9 Å². The van der Waals surface area contributed by atoms with Crippen molar-refractivity contribution in [1.29, 1.82) is 0 Å². The Balaban J connectivity index is 1.25. The largest absolute Gasteiger partial charge is 0.496 e. The van der Waals surface area contributed by atoms with Gasteiger partial charge in [0.1, 0.15) is 18.1 Å². The molecule has 6 rings (SSSR count). The van der Waals surface area contributed by atoms with Gasteiger partial charge < -0.3 is 18.9 Å². The first kappa shape index (κ1) is 31.1. The minimum atomic E-state index is 0.430. The number of nitrogens with zero attached hydrogens (tertiary/aromatic N) is 4. The van der Waals surface area contributed by atoms with Crippen molar-refractivity contribution in [2.75, 3.05) is 33.5 Å². The Morgan fingerprint density at radius 3 is 2.73 bits per heavy atom. The molecule has 0 unspecified atom stereocenters. The molecule has 0 spiro atoms. The molecular formula is C37H46N4O4. The number of allylic oxidation sites excluding steroid dienone is 4. The third-order valence-electron chi connectivity index (χ3n) is 9.17. The zero-order valence-corrected chi connectivity index (χ0v) is 27.2. The lowest BCUT2D eigenvalue weighted by Crippen LogP contribution is -2.42. The predicted molar refractivity (Wildman–Crippen MR) is 178 cm³/mol. The molecule has 45 heavy (non-hydrogen) atoms. The average Bonchev–Trinajstić information content (AvgIpc) is 3.40. The van der Waals surface area contributed by atoms with Crippen LogP contribution in [0.1, 0.15) is 80.8 Å². The second kappa shape index (κ2) is 14.0. The molecule has 0 N–H and O–H groups in total. The first-order chi connectivity index (χ1) is 22.0. The van der Waals surface area contributed by atoms with E-state index in [-0.39, 0.29) is 0 Å². The van der Waals surface area contributed by atoms with E-state index < -0.39 is 0 Å². The molecule has 0 bridgehead atoms. The Labute approximate surface area is 267 Å². The lowest BCUT2D eigenvalue weighted by molar-refractivity contribution is 0.0289. The summed E-state index contributed by atoms with van der Waals surface area (Å²) in [7, 11) is 1.78. The molecular weight excluding hydrogens is 564 g/mol. The van der Waals surface area contributed by atoms with E-state index in [9.17, 15) is 0 Å². The molecule has 2 aliphatic heterocycles. The van der Waals surface area contributed by atoms with Gasteiger partial charge >= 0.3 is 0 Å². The fraction of sp³-hybridized carbons (Fsp3) is 0.459. The highest BCUT2D eigenvalue weighted by atomic mass is 16.5. The summed E-state index contributed by atoms with van der Waals surface area (Å²) in [5.74, 6) is 3.21. The SMILES string of the molecule is C=C(C)c1cnn(-c2cccc(C3=CCCCC(C)=C3OCc3ccc4c(c3OC)CCN(C3CCOCC3)C4)n2)c1OCC. The van der Waals surface area contributed by atoms with Gasteiger partial charge in [-0.25, -0.2) is 4.98 Å². The van der Waals surface area contributed by atoms with Crippen LogP contribution in [0.15, 0.2) is 60.5 Å². The highest BCUT2D eigenvalue weighted by molar-refractivity contribution is 5.77. The summed E-state index contributed by atoms with van der Waals surface area (Å²) >= 11 is 0. The van der Waals surface area contributed by atoms with Crippen LogP contribution in [0, 0.1) is 0 Å². The first-order valence-corrected chi connectivity index (χ1v) is 16.4. The average molecular weight is 611 g/mol. The molecule has 3 aromatic rings. The number of rotatable bonds is 10. The van der Waals surface area contributed by atoms with E-state index in [0.29, 0.717) is 31.0 Å². The summed E-state index contributed by atoms with van der Waals surface area (Å²) in [5, 5.41) is 4.61. The maximum atomic E-state index is 6.73. The lowest BCUT2D eigenvalue weighted by atomic mass is 9.93. The second-order valence-corrected chi connectivity index (χ2v) is 12.2. The number of pyridine rings is 1. The number of methoxy groups -OCH3 is 1. The van der Waals surface area contributed by atoms with Gasteiger partial charge in [0, 0.05) is 49.0 Å². The smallest absolute Gasteiger partial charge is 0.225 e. The number of hydrogen-bond acceptors (Lipinski definition) is 7. The zero-order chi connectivity index (χ0) is 31.3. The third kappa shape index (κ3) is 6.58. The Morgan fingerprint density at radius 2 is 1.96 bits per heavy atom. The fourth-order valence-electron chi connectivity index (χ4n) is 6.80. The van der Waals surface area contributed by atoms with Gasteiger partial charge in [-0.15, -0.1) is 0 Å². The Morgan fingerprint density at radius 1 is 1.11 bits per heavy atom. The molecule has 4 heterocycles. The molecule has 238 valence electrons. The maximum Gasteiger partial charge on any atom is 0.225 e. The minimum absolute atomic E-state index is 0.430. The van der Waals surface area contributed by atoms with Gasteiger partial charge in [0.2, 0.25) is 5.88 Å². The normalized spacial score (nSPS) is 17.8. The molecule has 0 amide bonds. The number of hydrogen-bond donors (Lipinski definition) is 0. The highest BCUT2D eigenvalue weighted by Gasteiger charge is 2.28. The quantitative estimate of drug-likeness (QED) is 0.239. The van der Waals surface area contributed by atoms with E-state index in [1.54, 1.807) is 18.0 Å². The van der Waals surface area contributed by atoms with E-state index in [4.69, 9.17) is 23.9 Å². The Bertz CT molecular complexity index is 1600. The molecule has 0 radical (unpaired) electrons. The molecule has 1 aromatic carbocycles. The number of aromatic nitrogens is 3. The van der Waals surface area contributed by atoms with Crippen molar-refractivity contribution in [2.24, 2.45) is 0 Å². The third-order valence-corrected chi connectivity index (χ3v) is 9.17. The molecule has 1 aliphatic carbocycles. The van der Waals surface area contributed by atoms with Crippen LogP contribution in [0.3, 0.4) is 0 Å². The molecule has 1 saturated heterocycles. The summed E-state index contributed by atoms with van der Waals surface area (Å²) in [6, 6.07) is 11.1. The van der Waals surface area contributed by atoms with Crippen molar-refractivity contribution >= 4 is 11.1 Å². The van der Waals surface area contributed by atoms with Gasteiger partial charge in [-0.3, -0.25) is 4.90 Å². The van der Waals surface area contributed by atoms with Crippen LogP contribution in [0.25, 0.3) is 17.0 Å².